The van der Waals surface area contributed by atoms with Crippen LogP contribution in [0.5, 0.6) is 0 Å². The quantitative estimate of drug-likeness (QED) is 0.378. The molecule has 2 saturated heterocycles. The first-order chi connectivity index (χ1) is 19.6. The van der Waals surface area contributed by atoms with Crippen molar-refractivity contribution in [2.24, 2.45) is 11.8 Å². The van der Waals surface area contributed by atoms with Gasteiger partial charge in [-0.25, -0.2) is 15.0 Å². The Morgan fingerprint density at radius 3 is 2.70 bits per heavy atom. The summed E-state index contributed by atoms with van der Waals surface area (Å²) in [6.07, 6.45) is 11.9. The molecule has 5 atom stereocenters. The van der Waals surface area contributed by atoms with Gasteiger partial charge in [0.1, 0.15) is 17.4 Å². The summed E-state index contributed by atoms with van der Waals surface area (Å²) in [5.41, 5.74) is 5.30. The van der Waals surface area contributed by atoms with Gasteiger partial charge in [-0.05, 0) is 56.6 Å². The number of aliphatic hydroxyl groups is 2. The molecule has 1 saturated carbocycles. The van der Waals surface area contributed by atoms with E-state index in [9.17, 15) is 10.2 Å². The molecule has 0 amide bonds. The monoisotopic (exact) mass is 545 g/mol. The Kier molecular flexibility index (Phi) is 6.93. The fourth-order valence-corrected chi connectivity index (χ4v) is 6.90. The minimum atomic E-state index is -0.629. The smallest absolute Gasteiger partial charge is 0.228 e. The number of ether oxygens (including phenoxy) is 1. The summed E-state index contributed by atoms with van der Waals surface area (Å²) in [6.45, 7) is 4.12. The molecule has 2 N–H and O–H groups in total. The number of piperidine rings is 1. The van der Waals surface area contributed by atoms with Gasteiger partial charge in [0, 0.05) is 43.8 Å². The van der Waals surface area contributed by atoms with Crippen LogP contribution in [0.4, 0.5) is 5.95 Å². The Labute approximate surface area is 234 Å². The molecule has 40 heavy (non-hydrogen) atoms. The molecule has 0 radical (unpaired) electrons. The molecule has 1 aliphatic carbocycles. The molecule has 10 heteroatoms. The number of rotatable bonds is 5. The molecule has 1 unspecified atom stereocenters. The van der Waals surface area contributed by atoms with E-state index in [1.165, 1.54) is 25.7 Å². The van der Waals surface area contributed by atoms with E-state index in [1.54, 1.807) is 0 Å². The zero-order valence-electron chi connectivity index (χ0n) is 23.2. The summed E-state index contributed by atoms with van der Waals surface area (Å²) >= 11 is 0. The Bertz CT molecular complexity index is 1490. The minimum absolute atomic E-state index is 0.0155. The average molecular weight is 546 g/mol. The van der Waals surface area contributed by atoms with Gasteiger partial charge < -0.3 is 24.4 Å². The van der Waals surface area contributed by atoms with E-state index in [-0.39, 0.29) is 18.8 Å². The topological polar surface area (TPSA) is 114 Å². The maximum Gasteiger partial charge on any atom is 0.228 e. The number of benzene rings is 1. The van der Waals surface area contributed by atoms with Gasteiger partial charge in [-0.15, -0.1) is 0 Å². The molecule has 1 aromatic carbocycles. The highest BCUT2D eigenvalue weighted by Crippen LogP contribution is 2.36. The number of aliphatic hydroxyl groups excluding tert-OH is 2. The lowest BCUT2D eigenvalue weighted by molar-refractivity contribution is -0.0298. The molecule has 212 valence electrons. The highest BCUT2D eigenvalue weighted by molar-refractivity contribution is 5.91. The number of anilines is 1. The van der Waals surface area contributed by atoms with Crippen molar-refractivity contribution >= 4 is 28.1 Å². The van der Waals surface area contributed by atoms with Gasteiger partial charge in [0.25, 0.3) is 0 Å². The normalized spacial score (nSPS) is 28.0. The summed E-state index contributed by atoms with van der Waals surface area (Å²) in [7, 11) is 0. The van der Waals surface area contributed by atoms with E-state index in [4.69, 9.17) is 24.7 Å². The number of β-amino-alcohol motifs (C(OH)–C–C–N with tert-alkyl or cyclic N) is 1. The van der Waals surface area contributed by atoms with Crippen LogP contribution in [0.15, 0.2) is 30.9 Å². The first kappa shape index (κ1) is 25.9. The number of hydrogen-bond acceptors (Lipinski definition) is 8. The second-order valence-electron chi connectivity index (χ2n) is 12.0. The zero-order valence-corrected chi connectivity index (χ0v) is 23.2. The SMILES string of the molecule is C[C@H]1CCC[C@H](n2cnc3cc(-c4nc(N5CC[C@H](CO)[C@@H](O)C5)nc5c4ncn5C4CCCCO4)ccc32)C1. The van der Waals surface area contributed by atoms with Crippen molar-refractivity contribution in [3.63, 3.8) is 0 Å². The third kappa shape index (κ3) is 4.65. The van der Waals surface area contributed by atoms with Crippen LogP contribution in [0, 0.1) is 11.8 Å². The van der Waals surface area contributed by atoms with Gasteiger partial charge in [-0.1, -0.05) is 25.8 Å². The van der Waals surface area contributed by atoms with Crippen molar-refractivity contribution in [1.82, 2.24) is 29.1 Å². The van der Waals surface area contributed by atoms with Gasteiger partial charge in [0.05, 0.1) is 29.8 Å². The van der Waals surface area contributed by atoms with Gasteiger partial charge in [-0.2, -0.15) is 4.98 Å². The Morgan fingerprint density at radius 2 is 1.90 bits per heavy atom. The fraction of sp³-hybridized carbons (Fsp3) is 0.600. The number of fused-ring (bicyclic) bond motifs is 2. The standard InChI is InChI=1S/C30H39N7O3/c1-19-5-4-6-22(13-19)36-17-31-23-14-20(8-9-24(23)36)27-28-29(37(18-32-28)26-7-2-3-12-40-26)34-30(33-27)35-11-10-21(16-38)25(39)15-35/h8-9,14,17-19,21-22,25-26,38-39H,2-7,10-13,15-16H2,1H3/t19-,21+,22-,25-,26?/m0/s1. The van der Waals surface area contributed by atoms with E-state index < -0.39 is 6.10 Å². The van der Waals surface area contributed by atoms with Gasteiger partial charge >= 0.3 is 0 Å². The predicted molar refractivity (Wildman–Crippen MR) is 153 cm³/mol. The Balaban J connectivity index is 1.30. The molecule has 3 aromatic heterocycles. The van der Waals surface area contributed by atoms with Crippen LogP contribution in [0.25, 0.3) is 33.5 Å². The zero-order chi connectivity index (χ0) is 27.2. The molecule has 0 bridgehead atoms. The minimum Gasteiger partial charge on any atom is -0.396 e. The highest BCUT2D eigenvalue weighted by Gasteiger charge is 2.30. The lowest BCUT2D eigenvalue weighted by atomic mass is 9.87. The van der Waals surface area contributed by atoms with E-state index in [2.05, 4.69) is 29.7 Å². The molecule has 3 fully saturated rings. The van der Waals surface area contributed by atoms with E-state index in [0.29, 0.717) is 31.5 Å². The fourth-order valence-electron chi connectivity index (χ4n) is 6.90. The molecule has 4 aromatic rings. The first-order valence-electron chi connectivity index (χ1n) is 15.0. The Morgan fingerprint density at radius 1 is 1.00 bits per heavy atom. The van der Waals surface area contributed by atoms with Crippen LogP contribution >= 0.6 is 0 Å². The maximum absolute atomic E-state index is 10.7. The number of hydrogen-bond donors (Lipinski definition) is 2. The van der Waals surface area contributed by atoms with Crippen LogP contribution in [-0.4, -0.2) is 71.7 Å². The maximum atomic E-state index is 10.7. The number of aromatic nitrogens is 6. The van der Waals surface area contributed by atoms with Gasteiger partial charge in [0.15, 0.2) is 5.65 Å². The van der Waals surface area contributed by atoms with Crippen molar-refractivity contribution in [3.05, 3.63) is 30.9 Å². The number of imidazole rings is 2. The van der Waals surface area contributed by atoms with Crippen LogP contribution in [0.3, 0.4) is 0 Å². The van der Waals surface area contributed by atoms with Crippen molar-refractivity contribution < 1.29 is 14.9 Å². The van der Waals surface area contributed by atoms with Crippen molar-refractivity contribution in [2.75, 3.05) is 31.2 Å². The third-order valence-corrected chi connectivity index (χ3v) is 9.26. The molecule has 10 nitrogen and oxygen atoms in total. The van der Waals surface area contributed by atoms with Crippen molar-refractivity contribution in [1.29, 1.82) is 0 Å². The summed E-state index contributed by atoms with van der Waals surface area (Å²) in [4.78, 5) is 21.7. The van der Waals surface area contributed by atoms with Crippen LogP contribution < -0.4 is 4.90 Å². The lowest BCUT2D eigenvalue weighted by Crippen LogP contribution is -2.45. The van der Waals surface area contributed by atoms with Crippen molar-refractivity contribution in [3.8, 4) is 11.3 Å². The molecule has 2 aliphatic heterocycles. The van der Waals surface area contributed by atoms with Gasteiger partial charge in [0.2, 0.25) is 5.95 Å². The first-order valence-corrected chi connectivity index (χ1v) is 15.0. The second-order valence-corrected chi connectivity index (χ2v) is 12.0. The molecule has 0 spiro atoms. The van der Waals surface area contributed by atoms with E-state index in [0.717, 1.165) is 65.2 Å². The van der Waals surface area contributed by atoms with E-state index >= 15 is 0 Å². The van der Waals surface area contributed by atoms with Crippen LogP contribution in [-0.2, 0) is 4.74 Å². The largest absolute Gasteiger partial charge is 0.396 e. The summed E-state index contributed by atoms with van der Waals surface area (Å²) in [6, 6.07) is 6.91. The molecular formula is C30H39N7O3. The van der Waals surface area contributed by atoms with Crippen LogP contribution in [0.2, 0.25) is 0 Å². The number of nitrogens with zero attached hydrogens (tertiary/aromatic N) is 7. The van der Waals surface area contributed by atoms with Gasteiger partial charge in [-0.3, -0.25) is 4.57 Å². The Hall–Kier alpha value is -3.08. The third-order valence-electron chi connectivity index (χ3n) is 9.26. The average Bonchev–Trinajstić information content (AvgIpc) is 3.61. The molecule has 5 heterocycles. The van der Waals surface area contributed by atoms with Crippen molar-refractivity contribution in [2.45, 2.75) is 76.7 Å². The highest BCUT2D eigenvalue weighted by atomic mass is 16.5. The molecular weight excluding hydrogens is 506 g/mol. The summed E-state index contributed by atoms with van der Waals surface area (Å²) in [5.74, 6) is 1.19. The lowest BCUT2D eigenvalue weighted by Gasteiger charge is -2.35. The van der Waals surface area contributed by atoms with Crippen LogP contribution in [0.1, 0.15) is 70.6 Å². The molecule has 3 aliphatic rings. The molecule has 7 rings (SSSR count). The summed E-state index contributed by atoms with van der Waals surface area (Å²) < 4.78 is 10.5. The van der Waals surface area contributed by atoms with E-state index in [1.807, 2.05) is 22.1 Å². The second kappa shape index (κ2) is 10.7. The summed E-state index contributed by atoms with van der Waals surface area (Å²) in [5, 5.41) is 20.3. The predicted octanol–water partition coefficient (Wildman–Crippen LogP) is 4.47.